The van der Waals surface area contributed by atoms with Gasteiger partial charge in [0.2, 0.25) is 0 Å². The van der Waals surface area contributed by atoms with Gasteiger partial charge in [-0.3, -0.25) is 14.9 Å². The molecule has 0 radical (unpaired) electrons. The van der Waals surface area contributed by atoms with E-state index >= 15 is 0 Å². The van der Waals surface area contributed by atoms with Gasteiger partial charge in [-0.2, -0.15) is 18.3 Å². The fraction of sp³-hybridized carbons (Fsp3) is 0.158. The average molecular weight is 404 g/mol. The number of carbonyl (C=O) groups excluding carboxylic acids is 1. The van der Waals surface area contributed by atoms with Gasteiger partial charge in [0.1, 0.15) is 0 Å². The van der Waals surface area contributed by atoms with Crippen LogP contribution in [0.15, 0.2) is 60.8 Å². The Balaban J connectivity index is 1.69. The van der Waals surface area contributed by atoms with Crippen molar-refractivity contribution in [3.63, 3.8) is 0 Å². The van der Waals surface area contributed by atoms with Crippen molar-refractivity contribution in [2.75, 3.05) is 7.05 Å². The third-order valence-corrected chi connectivity index (χ3v) is 4.18. The topological polar surface area (TPSA) is 81.3 Å². The van der Waals surface area contributed by atoms with Crippen molar-refractivity contribution in [1.82, 2.24) is 14.7 Å². The van der Waals surface area contributed by atoms with Crippen LogP contribution >= 0.6 is 0 Å². The van der Waals surface area contributed by atoms with Crippen molar-refractivity contribution in [2.24, 2.45) is 0 Å². The minimum atomic E-state index is -4.41. The van der Waals surface area contributed by atoms with Crippen molar-refractivity contribution >= 4 is 11.6 Å². The first-order chi connectivity index (χ1) is 13.6. The zero-order chi connectivity index (χ0) is 21.2. The Bertz CT molecular complexity index is 1030. The molecule has 3 aromatic rings. The number of aromatic nitrogens is 2. The maximum absolute atomic E-state index is 12.6. The number of nitro benzene ring substituents is 1. The van der Waals surface area contributed by atoms with Gasteiger partial charge in [-0.1, -0.05) is 12.1 Å². The van der Waals surface area contributed by atoms with Crippen LogP contribution < -0.4 is 0 Å². The summed E-state index contributed by atoms with van der Waals surface area (Å²) < 4.78 is 39.3. The highest BCUT2D eigenvalue weighted by molar-refractivity contribution is 5.92. The van der Waals surface area contributed by atoms with E-state index in [1.165, 1.54) is 59.1 Å². The molecule has 3 rings (SSSR count). The van der Waals surface area contributed by atoms with Crippen LogP contribution in [0.4, 0.5) is 18.9 Å². The van der Waals surface area contributed by atoms with Gasteiger partial charge in [0.15, 0.2) is 5.69 Å². The number of alkyl halides is 3. The second-order valence-electron chi connectivity index (χ2n) is 6.27. The molecular weight excluding hydrogens is 389 g/mol. The van der Waals surface area contributed by atoms with Crippen LogP contribution in [0.2, 0.25) is 0 Å². The lowest BCUT2D eigenvalue weighted by Crippen LogP contribution is -2.26. The molecule has 0 spiro atoms. The lowest BCUT2D eigenvalue weighted by molar-refractivity contribution is -0.384. The number of hydrogen-bond donors (Lipinski definition) is 0. The lowest BCUT2D eigenvalue weighted by atomic mass is 10.1. The Hall–Kier alpha value is -3.69. The summed E-state index contributed by atoms with van der Waals surface area (Å²) in [5.41, 5.74) is 0.409. The molecule has 0 aliphatic rings. The monoisotopic (exact) mass is 404 g/mol. The summed E-state index contributed by atoms with van der Waals surface area (Å²) in [5, 5.41) is 14.9. The SMILES string of the molecule is CN(Cc1ccc(C(F)(F)F)cc1)C(=O)c1ccn(-c2ccc([N+](=O)[O-])cc2)n1. The van der Waals surface area contributed by atoms with Gasteiger partial charge in [0.25, 0.3) is 11.6 Å². The second kappa shape index (κ2) is 7.74. The van der Waals surface area contributed by atoms with E-state index in [4.69, 9.17) is 0 Å². The number of non-ortho nitro benzene ring substituents is 1. The van der Waals surface area contributed by atoms with E-state index in [1.807, 2.05) is 0 Å². The summed E-state index contributed by atoms with van der Waals surface area (Å²) in [7, 11) is 1.52. The van der Waals surface area contributed by atoms with Gasteiger partial charge in [-0.25, -0.2) is 4.68 Å². The molecule has 150 valence electrons. The van der Waals surface area contributed by atoms with Crippen molar-refractivity contribution in [3.8, 4) is 5.69 Å². The molecule has 0 bridgehead atoms. The van der Waals surface area contributed by atoms with Crippen LogP contribution in [0.5, 0.6) is 0 Å². The molecule has 0 saturated carbocycles. The molecule has 0 fully saturated rings. The highest BCUT2D eigenvalue weighted by Crippen LogP contribution is 2.29. The highest BCUT2D eigenvalue weighted by atomic mass is 19.4. The number of halogens is 3. The molecule has 0 N–H and O–H groups in total. The van der Waals surface area contributed by atoms with Gasteiger partial charge in [-0.05, 0) is 35.9 Å². The number of hydrogen-bond acceptors (Lipinski definition) is 4. The first-order valence-electron chi connectivity index (χ1n) is 8.37. The summed E-state index contributed by atoms with van der Waals surface area (Å²) in [6.07, 6.45) is -2.87. The lowest BCUT2D eigenvalue weighted by Gasteiger charge is -2.16. The van der Waals surface area contributed by atoms with Crippen LogP contribution in [0.3, 0.4) is 0 Å². The Labute approximate surface area is 163 Å². The average Bonchev–Trinajstić information content (AvgIpc) is 3.17. The normalized spacial score (nSPS) is 11.3. The summed E-state index contributed by atoms with van der Waals surface area (Å²) in [6, 6.07) is 11.7. The summed E-state index contributed by atoms with van der Waals surface area (Å²) in [4.78, 5) is 24.1. The molecule has 1 amide bonds. The van der Waals surface area contributed by atoms with Gasteiger partial charge < -0.3 is 4.90 Å². The predicted molar refractivity (Wildman–Crippen MR) is 97.5 cm³/mol. The van der Waals surface area contributed by atoms with Crippen LogP contribution in [-0.4, -0.2) is 32.6 Å². The largest absolute Gasteiger partial charge is 0.416 e. The fourth-order valence-corrected chi connectivity index (χ4v) is 2.65. The van der Waals surface area contributed by atoms with Crippen molar-refractivity contribution in [3.05, 3.63) is 87.7 Å². The Morgan fingerprint density at radius 1 is 1.10 bits per heavy atom. The zero-order valence-electron chi connectivity index (χ0n) is 15.1. The van der Waals surface area contributed by atoms with Crippen molar-refractivity contribution in [2.45, 2.75) is 12.7 Å². The number of benzene rings is 2. The second-order valence-corrected chi connectivity index (χ2v) is 6.27. The van der Waals surface area contributed by atoms with Crippen LogP contribution in [0.25, 0.3) is 5.69 Å². The number of rotatable bonds is 5. The highest BCUT2D eigenvalue weighted by Gasteiger charge is 2.30. The molecule has 0 saturated heterocycles. The summed E-state index contributed by atoms with van der Waals surface area (Å²) in [5.74, 6) is -0.412. The van der Waals surface area contributed by atoms with E-state index in [0.29, 0.717) is 11.3 Å². The van der Waals surface area contributed by atoms with E-state index in [2.05, 4.69) is 5.10 Å². The number of carbonyl (C=O) groups is 1. The third kappa shape index (κ3) is 4.60. The molecule has 10 heteroatoms. The van der Waals surface area contributed by atoms with Crippen LogP contribution in [0, 0.1) is 10.1 Å². The van der Waals surface area contributed by atoms with Crippen LogP contribution in [0.1, 0.15) is 21.6 Å². The standard InChI is InChI=1S/C19H15F3N4O3/c1-24(12-13-2-4-14(5-3-13)19(20,21)22)18(27)17-10-11-25(23-17)15-6-8-16(9-7-15)26(28)29/h2-11H,12H2,1H3. The van der Waals surface area contributed by atoms with Gasteiger partial charge in [-0.15, -0.1) is 0 Å². The smallest absolute Gasteiger partial charge is 0.336 e. The minimum absolute atomic E-state index is 0.0616. The van der Waals surface area contributed by atoms with E-state index in [0.717, 1.165) is 12.1 Å². The fourth-order valence-electron chi connectivity index (χ4n) is 2.65. The zero-order valence-corrected chi connectivity index (χ0v) is 15.1. The summed E-state index contributed by atoms with van der Waals surface area (Å²) in [6.45, 7) is 0.112. The molecule has 2 aromatic carbocycles. The molecule has 7 nitrogen and oxygen atoms in total. The third-order valence-electron chi connectivity index (χ3n) is 4.18. The number of nitro groups is 1. The summed E-state index contributed by atoms with van der Waals surface area (Å²) >= 11 is 0. The molecule has 0 unspecified atom stereocenters. The van der Waals surface area contributed by atoms with Gasteiger partial charge in [0, 0.05) is 31.9 Å². The Morgan fingerprint density at radius 3 is 2.28 bits per heavy atom. The predicted octanol–water partition coefficient (Wildman–Crippen LogP) is 4.07. The van der Waals surface area contributed by atoms with Crippen molar-refractivity contribution in [1.29, 1.82) is 0 Å². The molecule has 29 heavy (non-hydrogen) atoms. The molecule has 1 aromatic heterocycles. The maximum Gasteiger partial charge on any atom is 0.416 e. The number of nitrogens with zero attached hydrogens (tertiary/aromatic N) is 4. The van der Waals surface area contributed by atoms with E-state index < -0.39 is 22.6 Å². The van der Waals surface area contributed by atoms with Crippen LogP contribution in [-0.2, 0) is 12.7 Å². The number of amides is 1. The van der Waals surface area contributed by atoms with E-state index in [9.17, 15) is 28.1 Å². The maximum atomic E-state index is 12.6. The van der Waals surface area contributed by atoms with Gasteiger partial charge in [0.05, 0.1) is 16.2 Å². The minimum Gasteiger partial charge on any atom is -0.336 e. The molecule has 0 aliphatic carbocycles. The molecule has 1 heterocycles. The molecular formula is C19H15F3N4O3. The Morgan fingerprint density at radius 2 is 1.72 bits per heavy atom. The van der Waals surface area contributed by atoms with E-state index in [-0.39, 0.29) is 17.9 Å². The van der Waals surface area contributed by atoms with E-state index in [1.54, 1.807) is 6.20 Å². The first kappa shape index (κ1) is 20.1. The van der Waals surface area contributed by atoms with Gasteiger partial charge >= 0.3 is 6.18 Å². The first-order valence-corrected chi connectivity index (χ1v) is 8.37. The molecule has 0 atom stereocenters. The quantitative estimate of drug-likeness (QED) is 0.474. The molecule has 0 aliphatic heterocycles. The van der Waals surface area contributed by atoms with Crippen molar-refractivity contribution < 1.29 is 22.9 Å². The Kier molecular flexibility index (Phi) is 5.35.